The number of hydrogen-bond donors (Lipinski definition) is 4. The number of hydrogen-bond acceptors (Lipinski definition) is 11. The Labute approximate surface area is 328 Å². The summed E-state index contributed by atoms with van der Waals surface area (Å²) in [5.41, 5.74) is 1.70. The zero-order chi connectivity index (χ0) is 40.6. The average molecular weight is 776 g/mol. The third-order valence-electron chi connectivity index (χ3n) is 12.8. The number of carbonyl (C=O) groups excluding carboxylic acids is 3. The van der Waals surface area contributed by atoms with Gasteiger partial charge in [0.2, 0.25) is 5.91 Å². The molecule has 2 bridgehead atoms. The van der Waals surface area contributed by atoms with E-state index < -0.39 is 72.0 Å². The van der Waals surface area contributed by atoms with Gasteiger partial charge in [-0.05, 0) is 89.0 Å². The summed E-state index contributed by atoms with van der Waals surface area (Å²) < 4.78 is 24.5. The van der Waals surface area contributed by atoms with Gasteiger partial charge < -0.3 is 44.3 Å². The Balaban J connectivity index is 1.72. The molecule has 4 N–H and O–H groups in total. The zero-order valence-corrected chi connectivity index (χ0v) is 34.2. The van der Waals surface area contributed by atoms with Crippen LogP contribution in [0.15, 0.2) is 36.0 Å². The molecule has 1 amide bonds. The van der Waals surface area contributed by atoms with Crippen LogP contribution in [0.4, 0.5) is 0 Å². The van der Waals surface area contributed by atoms with Crippen LogP contribution in [0.2, 0.25) is 0 Å². The van der Waals surface area contributed by atoms with Gasteiger partial charge in [-0.3, -0.25) is 9.59 Å². The number of esters is 1. The molecule has 1 saturated carbocycles. The predicted octanol–water partition coefficient (Wildman–Crippen LogP) is 4.66. The van der Waals surface area contributed by atoms with E-state index in [1.54, 1.807) is 27.2 Å². The second-order valence-electron chi connectivity index (χ2n) is 17.2. The molecule has 2 saturated heterocycles. The number of nitrogens with zero attached hydrogens (tertiary/aromatic N) is 1. The molecule has 3 heterocycles. The van der Waals surface area contributed by atoms with E-state index in [1.807, 2.05) is 32.9 Å². The fraction of sp³-hybridized carbons (Fsp3) is 0.791. The molecule has 12 nitrogen and oxygen atoms in total. The molecule has 55 heavy (non-hydrogen) atoms. The standard InChI is InChI=1S/C43H69NO11/c1-9-11-31-17-25(2)16-26(3)18-37(52-7)41-38(53-8)20-28(5)43(51,55-41)23-39(49)44-15-10-12-33(44)42(50)54-40(29(6)35(47)22-36(31)48)27(4)19-30-13-14-34(46)32(21-30)24-45/h9,17,19,26,28-35,37-38,40-41,45-47,51H,1,10-16,18,20-24H2,2-8H3/b25-17+,27-19+/t26-,28+,29+,30?,31+,32-,33-,34+,35+,37-,38-,40+,41+,43-/m0/s1. The van der Waals surface area contributed by atoms with E-state index in [2.05, 4.69) is 13.5 Å². The van der Waals surface area contributed by atoms with Gasteiger partial charge in [-0.2, -0.15) is 0 Å². The monoisotopic (exact) mass is 775 g/mol. The number of carbonyl (C=O) groups is 3. The van der Waals surface area contributed by atoms with Crippen LogP contribution in [-0.2, 0) is 33.3 Å². The summed E-state index contributed by atoms with van der Waals surface area (Å²) in [6, 6.07) is -0.908. The summed E-state index contributed by atoms with van der Waals surface area (Å²) in [6.07, 6.45) is 5.74. The van der Waals surface area contributed by atoms with Gasteiger partial charge >= 0.3 is 5.97 Å². The molecule has 0 radical (unpaired) electrons. The lowest BCUT2D eigenvalue weighted by atomic mass is 9.78. The first-order chi connectivity index (χ1) is 26.0. The van der Waals surface area contributed by atoms with E-state index in [4.69, 9.17) is 18.9 Å². The van der Waals surface area contributed by atoms with Crippen LogP contribution >= 0.6 is 0 Å². The molecule has 0 spiro atoms. The van der Waals surface area contributed by atoms with Crippen LogP contribution in [0, 0.1) is 35.5 Å². The second-order valence-corrected chi connectivity index (χ2v) is 17.2. The van der Waals surface area contributed by atoms with Gasteiger partial charge in [0, 0.05) is 57.5 Å². The number of ether oxygens (including phenoxy) is 4. The first-order valence-corrected chi connectivity index (χ1v) is 20.5. The Hall–Kier alpha value is -2.45. The Morgan fingerprint density at radius 2 is 1.71 bits per heavy atom. The molecule has 12 heteroatoms. The van der Waals surface area contributed by atoms with E-state index in [9.17, 15) is 34.8 Å². The topological polar surface area (TPSA) is 172 Å². The lowest BCUT2D eigenvalue weighted by Gasteiger charge is -2.47. The van der Waals surface area contributed by atoms with Crippen molar-refractivity contribution < 1.29 is 53.8 Å². The molecule has 1 aliphatic carbocycles. The third kappa shape index (κ3) is 11.4. The molecule has 14 atom stereocenters. The Kier molecular flexibility index (Phi) is 16.7. The van der Waals surface area contributed by atoms with E-state index >= 15 is 0 Å². The van der Waals surface area contributed by atoms with Gasteiger partial charge in [0.1, 0.15) is 24.0 Å². The molecule has 1 unspecified atom stereocenters. The predicted molar refractivity (Wildman–Crippen MR) is 207 cm³/mol. The quantitative estimate of drug-likeness (QED) is 0.209. The Morgan fingerprint density at radius 1 is 1.02 bits per heavy atom. The van der Waals surface area contributed by atoms with Crippen molar-refractivity contribution in [3.63, 3.8) is 0 Å². The molecule has 4 rings (SSSR count). The summed E-state index contributed by atoms with van der Waals surface area (Å²) in [4.78, 5) is 43.5. The summed E-state index contributed by atoms with van der Waals surface area (Å²) in [5.74, 6) is -4.84. The fourth-order valence-electron chi connectivity index (χ4n) is 9.42. The van der Waals surface area contributed by atoms with Gasteiger partial charge in [-0.15, -0.1) is 6.58 Å². The van der Waals surface area contributed by atoms with Crippen molar-refractivity contribution in [3.8, 4) is 0 Å². The van der Waals surface area contributed by atoms with Crippen molar-refractivity contribution in [1.82, 2.24) is 4.90 Å². The van der Waals surface area contributed by atoms with Crippen LogP contribution < -0.4 is 0 Å². The van der Waals surface area contributed by atoms with Gasteiger partial charge in [0.05, 0.1) is 30.8 Å². The van der Waals surface area contributed by atoms with E-state index in [0.29, 0.717) is 69.9 Å². The van der Waals surface area contributed by atoms with Gasteiger partial charge in [-0.25, -0.2) is 4.79 Å². The van der Waals surface area contributed by atoms with Crippen molar-refractivity contribution >= 4 is 17.7 Å². The Bertz CT molecular complexity index is 1380. The van der Waals surface area contributed by atoms with Crippen molar-refractivity contribution in [2.45, 2.75) is 154 Å². The normalized spacial score (nSPS) is 41.8. The van der Waals surface area contributed by atoms with Crippen LogP contribution in [0.25, 0.3) is 0 Å². The van der Waals surface area contributed by atoms with Crippen molar-refractivity contribution in [3.05, 3.63) is 36.0 Å². The lowest BCUT2D eigenvalue weighted by Crippen LogP contribution is -2.59. The van der Waals surface area contributed by atoms with Crippen LogP contribution in [0.3, 0.4) is 0 Å². The Morgan fingerprint density at radius 3 is 2.36 bits per heavy atom. The van der Waals surface area contributed by atoms with E-state index in [-0.39, 0.29) is 49.1 Å². The number of Topliss-reactive ketones (excluding diaryl/α,β-unsaturated/α-hetero) is 1. The minimum atomic E-state index is -1.83. The highest BCUT2D eigenvalue weighted by molar-refractivity contribution is 5.86. The SMILES string of the molecule is C=CC[C@@H]1/C=C(\C)C[C@H](C)C[C@H](OC)[C@H]2O[C@@](O)(CC(=O)N3CCC[C@H]3C(=O)O[C@H](/C(C)=C/C3CC[C@@H](O)[C@H](CO)C3)[C@H](C)[C@H](O)CC1=O)[C@H](C)C[C@@H]2OC. The highest BCUT2D eigenvalue weighted by atomic mass is 16.7. The van der Waals surface area contributed by atoms with E-state index in [0.717, 1.165) is 5.57 Å². The number of ketones is 1. The van der Waals surface area contributed by atoms with Gasteiger partial charge in [0.25, 0.3) is 0 Å². The number of aliphatic hydroxyl groups excluding tert-OH is 3. The van der Waals surface area contributed by atoms with Crippen LogP contribution in [-0.4, -0.2) is 119 Å². The molecule has 0 aromatic heterocycles. The largest absolute Gasteiger partial charge is 0.456 e. The van der Waals surface area contributed by atoms with Crippen LogP contribution in [0.1, 0.15) is 105 Å². The highest BCUT2D eigenvalue weighted by Crippen LogP contribution is 2.40. The van der Waals surface area contributed by atoms with Crippen molar-refractivity contribution in [2.75, 3.05) is 27.4 Å². The molecule has 4 aliphatic rings. The van der Waals surface area contributed by atoms with Gasteiger partial charge in [0.15, 0.2) is 5.79 Å². The van der Waals surface area contributed by atoms with Crippen molar-refractivity contribution in [2.24, 2.45) is 35.5 Å². The molecule has 3 fully saturated rings. The molecule has 0 aromatic rings. The van der Waals surface area contributed by atoms with Crippen LogP contribution in [0.5, 0.6) is 0 Å². The first-order valence-electron chi connectivity index (χ1n) is 20.5. The summed E-state index contributed by atoms with van der Waals surface area (Å²) in [5, 5.41) is 43.9. The minimum absolute atomic E-state index is 0.00450. The molecule has 0 aromatic carbocycles. The minimum Gasteiger partial charge on any atom is -0.456 e. The maximum atomic E-state index is 14.1. The summed E-state index contributed by atoms with van der Waals surface area (Å²) in [7, 11) is 3.20. The maximum absolute atomic E-state index is 14.1. The lowest BCUT2D eigenvalue weighted by molar-refractivity contribution is -0.321. The first kappa shape index (κ1) is 45.3. The van der Waals surface area contributed by atoms with Gasteiger partial charge in [-0.1, -0.05) is 44.6 Å². The number of amides is 1. The number of allylic oxidation sites excluding steroid dienone is 4. The smallest absolute Gasteiger partial charge is 0.329 e. The number of fused-ring (bicyclic) bond motifs is 3. The molecular formula is C43H69NO11. The average Bonchev–Trinajstić information content (AvgIpc) is 3.64. The number of methoxy groups -OCH3 is 2. The maximum Gasteiger partial charge on any atom is 0.329 e. The number of cyclic esters (lactones) is 1. The highest BCUT2D eigenvalue weighted by Gasteiger charge is 2.51. The number of rotatable bonds is 7. The fourth-order valence-corrected chi connectivity index (χ4v) is 9.42. The molecule has 312 valence electrons. The third-order valence-corrected chi connectivity index (χ3v) is 12.8. The zero-order valence-electron chi connectivity index (χ0n) is 34.2. The van der Waals surface area contributed by atoms with Crippen molar-refractivity contribution in [1.29, 1.82) is 0 Å². The molecule has 3 aliphatic heterocycles. The summed E-state index contributed by atoms with van der Waals surface area (Å²) >= 11 is 0. The number of aliphatic hydroxyl groups is 4. The molecular weight excluding hydrogens is 706 g/mol. The van der Waals surface area contributed by atoms with E-state index in [1.165, 1.54) is 4.90 Å². The second kappa shape index (κ2) is 20.3. The summed E-state index contributed by atoms with van der Waals surface area (Å²) in [6.45, 7) is 13.6.